The molecule has 3 aromatic rings. The molecule has 0 aliphatic carbocycles. The molecule has 3 rings (SSSR count). The van der Waals surface area contributed by atoms with Gasteiger partial charge in [0.15, 0.2) is 11.0 Å². The van der Waals surface area contributed by atoms with Gasteiger partial charge in [-0.05, 0) is 47.4 Å². The van der Waals surface area contributed by atoms with E-state index in [-0.39, 0.29) is 17.1 Å². The van der Waals surface area contributed by atoms with Crippen molar-refractivity contribution in [2.75, 3.05) is 11.1 Å². The Bertz CT molecular complexity index is 995. The number of nitrogens with zero attached hydrogens (tertiary/aromatic N) is 3. The first kappa shape index (κ1) is 22.4. The van der Waals surface area contributed by atoms with E-state index < -0.39 is 0 Å². The summed E-state index contributed by atoms with van der Waals surface area (Å²) in [5.74, 6) is 1.64. The summed E-state index contributed by atoms with van der Waals surface area (Å²) in [5, 5.41) is 11.9. The molecule has 8 heteroatoms. The topological polar surface area (TPSA) is 69.0 Å². The minimum absolute atomic E-state index is 0.0953. The first-order valence-corrected chi connectivity index (χ1v) is 11.3. The number of ether oxygens (including phenoxy) is 1. The van der Waals surface area contributed by atoms with Gasteiger partial charge in [-0.1, -0.05) is 60.6 Å². The molecule has 0 fully saturated rings. The molecule has 0 atom stereocenters. The Morgan fingerprint density at radius 3 is 2.40 bits per heavy atom. The Kier molecular flexibility index (Phi) is 7.20. The molecule has 0 aliphatic rings. The lowest BCUT2D eigenvalue weighted by atomic mass is 9.87. The highest BCUT2D eigenvalue weighted by Crippen LogP contribution is 2.25. The number of thioether (sulfide) groups is 1. The van der Waals surface area contributed by atoms with Crippen molar-refractivity contribution in [2.24, 2.45) is 7.05 Å². The van der Waals surface area contributed by atoms with E-state index in [0.29, 0.717) is 17.6 Å². The van der Waals surface area contributed by atoms with Gasteiger partial charge in [-0.15, -0.1) is 10.2 Å². The smallest absolute Gasteiger partial charge is 0.234 e. The van der Waals surface area contributed by atoms with Crippen LogP contribution < -0.4 is 10.1 Å². The summed E-state index contributed by atoms with van der Waals surface area (Å²) in [6.07, 6.45) is 0. The molecule has 0 spiro atoms. The number of hydrogen-bond donors (Lipinski definition) is 1. The Hall–Kier alpha value is -2.32. The quantitative estimate of drug-likeness (QED) is 0.463. The zero-order valence-corrected chi connectivity index (χ0v) is 19.9. The Balaban J connectivity index is 1.51. The molecule has 1 N–H and O–H groups in total. The molecule has 0 bridgehead atoms. The van der Waals surface area contributed by atoms with Crippen LogP contribution in [0.1, 0.15) is 32.2 Å². The number of anilines is 1. The lowest BCUT2D eigenvalue weighted by Crippen LogP contribution is -2.14. The monoisotopic (exact) mass is 488 g/mol. The van der Waals surface area contributed by atoms with Gasteiger partial charge in [0.25, 0.3) is 0 Å². The predicted octanol–water partition coefficient (Wildman–Crippen LogP) is 5.18. The van der Waals surface area contributed by atoms with E-state index in [1.807, 2.05) is 48.0 Å². The minimum atomic E-state index is -0.0953. The molecule has 1 heterocycles. The third-order valence-electron chi connectivity index (χ3n) is 4.47. The maximum absolute atomic E-state index is 12.2. The van der Waals surface area contributed by atoms with Crippen LogP contribution in [-0.4, -0.2) is 26.4 Å². The lowest BCUT2D eigenvalue weighted by molar-refractivity contribution is -0.113. The van der Waals surface area contributed by atoms with Gasteiger partial charge in [-0.2, -0.15) is 0 Å². The van der Waals surface area contributed by atoms with Gasteiger partial charge in [0.1, 0.15) is 12.4 Å². The highest BCUT2D eigenvalue weighted by atomic mass is 79.9. The highest BCUT2D eigenvalue weighted by molar-refractivity contribution is 9.10. The molecule has 158 valence electrons. The molecule has 2 aromatic carbocycles. The van der Waals surface area contributed by atoms with Crippen LogP contribution in [0.5, 0.6) is 5.75 Å². The summed E-state index contributed by atoms with van der Waals surface area (Å²) in [5.41, 5.74) is 2.12. The molecular weight excluding hydrogens is 464 g/mol. The molecule has 30 heavy (non-hydrogen) atoms. The zero-order valence-electron chi connectivity index (χ0n) is 17.5. The maximum atomic E-state index is 12.2. The molecule has 6 nitrogen and oxygen atoms in total. The number of benzene rings is 2. The fraction of sp³-hybridized carbons (Fsp3) is 0.318. The van der Waals surface area contributed by atoms with Crippen molar-refractivity contribution in [3.63, 3.8) is 0 Å². The van der Waals surface area contributed by atoms with Gasteiger partial charge < -0.3 is 14.6 Å². The molecule has 0 aliphatic heterocycles. The largest absolute Gasteiger partial charge is 0.486 e. The maximum Gasteiger partial charge on any atom is 0.234 e. The highest BCUT2D eigenvalue weighted by Gasteiger charge is 2.14. The Morgan fingerprint density at radius 2 is 1.77 bits per heavy atom. The molecule has 1 amide bonds. The van der Waals surface area contributed by atoms with Crippen molar-refractivity contribution >= 4 is 39.3 Å². The van der Waals surface area contributed by atoms with Gasteiger partial charge in [-0.25, -0.2) is 0 Å². The van der Waals surface area contributed by atoms with Crippen molar-refractivity contribution in [1.82, 2.24) is 14.8 Å². The Labute approximate surface area is 189 Å². The average molecular weight is 489 g/mol. The second-order valence-electron chi connectivity index (χ2n) is 7.86. The predicted molar refractivity (Wildman–Crippen MR) is 124 cm³/mol. The summed E-state index contributed by atoms with van der Waals surface area (Å²) in [4.78, 5) is 12.2. The third-order valence-corrected chi connectivity index (χ3v) is 6.02. The average Bonchev–Trinajstić information content (AvgIpc) is 3.06. The molecule has 1 aromatic heterocycles. The molecule has 0 saturated carbocycles. The molecular formula is C22H25BrN4O2S. The van der Waals surface area contributed by atoms with E-state index in [2.05, 4.69) is 64.3 Å². The number of nitrogens with one attached hydrogen (secondary N) is 1. The zero-order chi connectivity index (χ0) is 21.7. The fourth-order valence-corrected chi connectivity index (χ4v) is 3.65. The van der Waals surface area contributed by atoms with Crippen LogP contribution >= 0.6 is 27.7 Å². The van der Waals surface area contributed by atoms with E-state index >= 15 is 0 Å². The van der Waals surface area contributed by atoms with Crippen LogP contribution in [0.3, 0.4) is 0 Å². The van der Waals surface area contributed by atoms with Crippen molar-refractivity contribution < 1.29 is 9.53 Å². The van der Waals surface area contributed by atoms with Crippen LogP contribution in [0.4, 0.5) is 5.69 Å². The van der Waals surface area contributed by atoms with E-state index in [1.54, 1.807) is 0 Å². The normalized spacial score (nSPS) is 11.4. The summed E-state index contributed by atoms with van der Waals surface area (Å²) in [7, 11) is 1.87. The van der Waals surface area contributed by atoms with Gasteiger partial charge >= 0.3 is 0 Å². The van der Waals surface area contributed by atoms with Gasteiger partial charge in [0.05, 0.1) is 5.75 Å². The SMILES string of the molecule is Cn1c(COc2ccc(C(C)(C)C)cc2)nnc1SCC(=O)Nc1ccc(Br)cc1. The van der Waals surface area contributed by atoms with E-state index in [4.69, 9.17) is 4.74 Å². The number of aromatic nitrogens is 3. The van der Waals surface area contributed by atoms with E-state index in [1.165, 1.54) is 17.3 Å². The summed E-state index contributed by atoms with van der Waals surface area (Å²) in [6.45, 7) is 6.85. The summed E-state index contributed by atoms with van der Waals surface area (Å²) < 4.78 is 8.67. The second-order valence-corrected chi connectivity index (χ2v) is 9.72. The number of halogens is 1. The first-order valence-electron chi connectivity index (χ1n) is 9.52. The minimum Gasteiger partial charge on any atom is -0.486 e. The Morgan fingerprint density at radius 1 is 1.10 bits per heavy atom. The summed E-state index contributed by atoms with van der Waals surface area (Å²) >= 11 is 4.71. The van der Waals surface area contributed by atoms with E-state index in [9.17, 15) is 4.79 Å². The molecule has 0 saturated heterocycles. The summed E-state index contributed by atoms with van der Waals surface area (Å²) in [6, 6.07) is 15.6. The van der Waals surface area contributed by atoms with Crippen LogP contribution in [0.25, 0.3) is 0 Å². The lowest BCUT2D eigenvalue weighted by Gasteiger charge is -2.19. The van der Waals surface area contributed by atoms with Gasteiger partial charge in [0, 0.05) is 17.2 Å². The van der Waals surface area contributed by atoms with Crippen molar-refractivity contribution in [1.29, 1.82) is 0 Å². The first-order chi connectivity index (χ1) is 14.2. The fourth-order valence-electron chi connectivity index (χ4n) is 2.66. The number of carbonyl (C=O) groups is 1. The van der Waals surface area contributed by atoms with Crippen molar-refractivity contribution in [3.8, 4) is 5.75 Å². The van der Waals surface area contributed by atoms with Gasteiger partial charge in [-0.3, -0.25) is 4.79 Å². The standard InChI is InChI=1S/C22H25BrN4O2S/c1-22(2,3)15-5-11-18(12-6-15)29-13-19-25-26-21(27(19)4)30-14-20(28)24-17-9-7-16(23)8-10-17/h5-12H,13-14H2,1-4H3,(H,24,28). The van der Waals surface area contributed by atoms with E-state index in [0.717, 1.165) is 15.9 Å². The molecule has 0 unspecified atom stereocenters. The van der Waals surface area contributed by atoms with Crippen molar-refractivity contribution in [2.45, 2.75) is 37.9 Å². The van der Waals surface area contributed by atoms with Crippen molar-refractivity contribution in [3.05, 3.63) is 64.4 Å². The van der Waals surface area contributed by atoms with Crippen LogP contribution in [0, 0.1) is 0 Å². The second kappa shape index (κ2) is 9.66. The number of amides is 1. The van der Waals surface area contributed by atoms with Gasteiger partial charge in [0.2, 0.25) is 5.91 Å². The number of carbonyl (C=O) groups excluding carboxylic acids is 1. The van der Waals surface area contributed by atoms with Crippen LogP contribution in [-0.2, 0) is 23.9 Å². The number of hydrogen-bond acceptors (Lipinski definition) is 5. The van der Waals surface area contributed by atoms with Crippen LogP contribution in [0.2, 0.25) is 0 Å². The van der Waals surface area contributed by atoms with Crippen LogP contribution in [0.15, 0.2) is 58.2 Å². The molecule has 0 radical (unpaired) electrons. The third kappa shape index (κ3) is 6.09. The number of rotatable bonds is 7.